The average molecular weight is 384 g/mol. The van der Waals surface area contributed by atoms with Gasteiger partial charge in [-0.3, -0.25) is 4.79 Å². The number of hydrogen-bond donors (Lipinski definition) is 2. The van der Waals surface area contributed by atoms with Crippen molar-refractivity contribution in [2.24, 2.45) is 5.73 Å². The number of nitrogens with two attached hydrogens (primary N) is 1. The first kappa shape index (κ1) is 18.9. The van der Waals surface area contributed by atoms with Gasteiger partial charge in [-0.25, -0.2) is 4.98 Å². The number of hydrogen-bond acceptors (Lipinski definition) is 3. The van der Waals surface area contributed by atoms with Crippen LogP contribution < -0.4 is 11.1 Å². The van der Waals surface area contributed by atoms with E-state index in [0.717, 1.165) is 35.6 Å². The molecule has 4 aromatic rings. The zero-order chi connectivity index (χ0) is 20.2. The van der Waals surface area contributed by atoms with E-state index in [0.29, 0.717) is 12.0 Å². The third-order valence-electron chi connectivity index (χ3n) is 5.03. The van der Waals surface area contributed by atoms with Crippen LogP contribution in [0.2, 0.25) is 0 Å². The molecule has 5 nitrogen and oxygen atoms in total. The quantitative estimate of drug-likeness (QED) is 0.509. The average Bonchev–Trinajstić information content (AvgIpc) is 3.14. The lowest BCUT2D eigenvalue weighted by molar-refractivity contribution is 0.1000. The van der Waals surface area contributed by atoms with Crippen molar-refractivity contribution >= 4 is 11.6 Å². The second-order valence-corrected chi connectivity index (χ2v) is 7.12. The van der Waals surface area contributed by atoms with Crippen molar-refractivity contribution in [3.05, 3.63) is 95.4 Å². The third kappa shape index (κ3) is 4.20. The summed E-state index contributed by atoms with van der Waals surface area (Å²) >= 11 is 0. The predicted octanol–water partition coefficient (Wildman–Crippen LogP) is 3.80. The molecule has 0 spiro atoms. The number of carbonyl (C=O) groups is 1. The fraction of sp³-hybridized carbons (Fsp3) is 0.167. The van der Waals surface area contributed by atoms with Gasteiger partial charge in [0.15, 0.2) is 0 Å². The highest BCUT2D eigenvalue weighted by Crippen LogP contribution is 2.23. The van der Waals surface area contributed by atoms with Crippen LogP contribution in [0.4, 0.5) is 0 Å². The highest BCUT2D eigenvalue weighted by molar-refractivity contribution is 5.92. The largest absolute Gasteiger partial charge is 0.366 e. The molecule has 146 valence electrons. The zero-order valence-electron chi connectivity index (χ0n) is 16.4. The third-order valence-corrected chi connectivity index (χ3v) is 5.03. The second-order valence-electron chi connectivity index (χ2n) is 7.12. The molecule has 0 radical (unpaired) electrons. The number of nitrogens with one attached hydrogen (secondary N) is 1. The van der Waals surface area contributed by atoms with Crippen molar-refractivity contribution < 1.29 is 4.79 Å². The van der Waals surface area contributed by atoms with Crippen molar-refractivity contribution in [1.82, 2.24) is 14.7 Å². The Balaban J connectivity index is 1.61. The molecule has 0 aliphatic heterocycles. The number of fused-ring (bicyclic) bond motifs is 1. The number of imidazole rings is 1. The maximum absolute atomic E-state index is 11.4. The van der Waals surface area contributed by atoms with Gasteiger partial charge in [0.1, 0.15) is 5.65 Å². The normalized spacial score (nSPS) is 11.1. The van der Waals surface area contributed by atoms with E-state index in [1.165, 1.54) is 11.1 Å². The lowest BCUT2D eigenvalue weighted by atomic mass is 10.0. The standard InChI is InChI=1S/C24H24N4O/c1-2-26-15-18-6-4-7-19(12-18)20-9-10-28-22(16-27-23(28)14-20)13-17-5-3-8-21(11-17)24(25)29/h3-12,14,16,26H,2,13,15H2,1H3,(H2,25,29). The molecular formula is C24H24N4O. The van der Waals surface area contributed by atoms with Gasteiger partial charge in [-0.15, -0.1) is 0 Å². The van der Waals surface area contributed by atoms with E-state index in [1.54, 1.807) is 6.07 Å². The lowest BCUT2D eigenvalue weighted by Gasteiger charge is -2.08. The fourth-order valence-corrected chi connectivity index (χ4v) is 3.52. The van der Waals surface area contributed by atoms with Gasteiger partial charge in [0.05, 0.1) is 0 Å². The van der Waals surface area contributed by atoms with Gasteiger partial charge >= 0.3 is 0 Å². The highest BCUT2D eigenvalue weighted by Gasteiger charge is 2.08. The Kier molecular flexibility index (Phi) is 5.40. The molecule has 5 heteroatoms. The monoisotopic (exact) mass is 384 g/mol. The topological polar surface area (TPSA) is 72.4 Å². The van der Waals surface area contributed by atoms with Gasteiger partial charge in [0.25, 0.3) is 0 Å². The van der Waals surface area contributed by atoms with E-state index in [4.69, 9.17) is 5.73 Å². The van der Waals surface area contributed by atoms with Crippen LogP contribution in [0.15, 0.2) is 73.1 Å². The molecule has 1 amide bonds. The summed E-state index contributed by atoms with van der Waals surface area (Å²) in [5, 5.41) is 3.36. The Labute approximate surface area is 170 Å². The van der Waals surface area contributed by atoms with Crippen LogP contribution >= 0.6 is 0 Å². The smallest absolute Gasteiger partial charge is 0.248 e. The van der Waals surface area contributed by atoms with Gasteiger partial charge in [-0.1, -0.05) is 37.3 Å². The Morgan fingerprint density at radius 1 is 1.03 bits per heavy atom. The van der Waals surface area contributed by atoms with Crippen LogP contribution in [0, 0.1) is 0 Å². The number of primary amides is 1. The molecule has 4 rings (SSSR count). The molecule has 0 aliphatic carbocycles. The van der Waals surface area contributed by atoms with Crippen LogP contribution in [0.3, 0.4) is 0 Å². The fourth-order valence-electron chi connectivity index (χ4n) is 3.52. The van der Waals surface area contributed by atoms with Crippen molar-refractivity contribution in [1.29, 1.82) is 0 Å². The number of pyridine rings is 1. The first-order valence-corrected chi connectivity index (χ1v) is 9.79. The van der Waals surface area contributed by atoms with Gasteiger partial charge < -0.3 is 15.5 Å². The minimum Gasteiger partial charge on any atom is -0.366 e. The molecular weight excluding hydrogens is 360 g/mol. The number of benzene rings is 2. The minimum absolute atomic E-state index is 0.411. The van der Waals surface area contributed by atoms with E-state index < -0.39 is 5.91 Å². The molecule has 0 fully saturated rings. The molecule has 0 aliphatic rings. The summed E-state index contributed by atoms with van der Waals surface area (Å²) in [4.78, 5) is 16.0. The summed E-state index contributed by atoms with van der Waals surface area (Å²) < 4.78 is 2.09. The molecule has 2 aromatic heterocycles. The molecule has 3 N–H and O–H groups in total. The first-order chi connectivity index (χ1) is 14.1. The summed E-state index contributed by atoms with van der Waals surface area (Å²) in [6, 6.07) is 20.2. The summed E-state index contributed by atoms with van der Waals surface area (Å²) in [7, 11) is 0. The Morgan fingerprint density at radius 2 is 1.83 bits per heavy atom. The summed E-state index contributed by atoms with van der Waals surface area (Å²) in [5.74, 6) is -0.411. The molecule has 0 atom stereocenters. The molecule has 0 saturated carbocycles. The number of nitrogens with zero attached hydrogens (tertiary/aromatic N) is 2. The van der Waals surface area contributed by atoms with Gasteiger partial charge in [0.2, 0.25) is 5.91 Å². The van der Waals surface area contributed by atoms with Crippen LogP contribution in [0.25, 0.3) is 16.8 Å². The highest BCUT2D eigenvalue weighted by atomic mass is 16.1. The van der Waals surface area contributed by atoms with Crippen molar-refractivity contribution in [3.63, 3.8) is 0 Å². The van der Waals surface area contributed by atoms with E-state index in [9.17, 15) is 4.79 Å². The van der Waals surface area contributed by atoms with Crippen LogP contribution in [0.5, 0.6) is 0 Å². The summed E-state index contributed by atoms with van der Waals surface area (Å²) in [5.41, 5.74) is 12.5. The van der Waals surface area contributed by atoms with Gasteiger partial charge in [0, 0.05) is 36.6 Å². The van der Waals surface area contributed by atoms with Crippen LogP contribution in [-0.2, 0) is 13.0 Å². The van der Waals surface area contributed by atoms with E-state index in [2.05, 4.69) is 64.2 Å². The zero-order valence-corrected chi connectivity index (χ0v) is 16.4. The molecule has 2 aromatic carbocycles. The number of aromatic nitrogens is 2. The van der Waals surface area contributed by atoms with Crippen molar-refractivity contribution in [3.8, 4) is 11.1 Å². The van der Waals surface area contributed by atoms with E-state index in [1.807, 2.05) is 24.4 Å². The molecule has 0 bridgehead atoms. The predicted molar refractivity (Wildman–Crippen MR) is 116 cm³/mol. The van der Waals surface area contributed by atoms with Gasteiger partial charge in [-0.2, -0.15) is 0 Å². The van der Waals surface area contributed by atoms with Crippen molar-refractivity contribution in [2.45, 2.75) is 19.9 Å². The summed E-state index contributed by atoms with van der Waals surface area (Å²) in [6.45, 7) is 3.93. The van der Waals surface area contributed by atoms with Gasteiger partial charge in [-0.05, 0) is 59.1 Å². The Morgan fingerprint density at radius 3 is 2.66 bits per heavy atom. The number of amides is 1. The Hall–Kier alpha value is -3.44. The maximum atomic E-state index is 11.4. The van der Waals surface area contributed by atoms with E-state index in [-0.39, 0.29) is 0 Å². The maximum Gasteiger partial charge on any atom is 0.248 e. The van der Waals surface area contributed by atoms with Crippen LogP contribution in [0.1, 0.15) is 34.1 Å². The lowest BCUT2D eigenvalue weighted by Crippen LogP contribution is -2.11. The van der Waals surface area contributed by atoms with E-state index >= 15 is 0 Å². The number of carbonyl (C=O) groups excluding carboxylic acids is 1. The van der Waals surface area contributed by atoms with Crippen molar-refractivity contribution in [2.75, 3.05) is 6.54 Å². The van der Waals surface area contributed by atoms with Crippen LogP contribution in [-0.4, -0.2) is 21.8 Å². The SMILES string of the molecule is CCNCc1cccc(-c2ccn3c(Cc4cccc(C(N)=O)c4)cnc3c2)c1. The summed E-state index contributed by atoms with van der Waals surface area (Å²) in [6.07, 6.45) is 4.62. The molecule has 0 unspecified atom stereocenters. The first-order valence-electron chi connectivity index (χ1n) is 9.79. The Bertz CT molecular complexity index is 1160. The minimum atomic E-state index is -0.411. The molecule has 2 heterocycles. The molecule has 0 saturated heterocycles. The number of rotatable bonds is 7. The second kappa shape index (κ2) is 8.29. The molecule has 29 heavy (non-hydrogen) atoms.